The second kappa shape index (κ2) is 6.25. The summed E-state index contributed by atoms with van der Waals surface area (Å²) < 4.78 is 38.7. The second-order valence-corrected chi connectivity index (χ2v) is 3.48. The predicted molar refractivity (Wildman–Crippen MR) is 61.2 cm³/mol. The molecule has 0 spiro atoms. The van der Waals surface area contributed by atoms with Crippen LogP contribution in [0.15, 0.2) is 24.3 Å². The largest absolute Gasteiger partial charge is 0.522 e. The fourth-order valence-electron chi connectivity index (χ4n) is 1.27. The van der Waals surface area contributed by atoms with Crippen molar-refractivity contribution >= 4 is 17.3 Å². The third-order valence-corrected chi connectivity index (χ3v) is 1.88. The number of rotatable bonds is 5. The number of halogens is 3. The molecule has 0 fully saturated rings. The molecule has 2 N–H and O–H groups in total. The van der Waals surface area contributed by atoms with Crippen LogP contribution < -0.4 is 10.6 Å². The first kappa shape index (κ1) is 14.3. The molecule has 0 unspecified atom stereocenters. The van der Waals surface area contributed by atoms with Crippen LogP contribution in [-0.2, 0) is 9.53 Å². The molecule has 0 aliphatic heterocycles. The van der Waals surface area contributed by atoms with Crippen LogP contribution in [0.5, 0.6) is 0 Å². The molecule has 0 bridgehead atoms. The van der Waals surface area contributed by atoms with Gasteiger partial charge < -0.3 is 10.6 Å². The lowest BCUT2D eigenvalue weighted by molar-refractivity contribution is -0.322. The van der Waals surface area contributed by atoms with Gasteiger partial charge >= 0.3 is 6.36 Å². The third kappa shape index (κ3) is 6.09. The molecule has 1 aromatic rings. The Morgan fingerprint density at radius 2 is 2.00 bits per heavy atom. The van der Waals surface area contributed by atoms with Crippen molar-refractivity contribution in [3.63, 3.8) is 0 Å². The van der Waals surface area contributed by atoms with Gasteiger partial charge in [0.15, 0.2) is 0 Å². The lowest BCUT2D eigenvalue weighted by atomic mass is 10.2. The van der Waals surface area contributed by atoms with Crippen LogP contribution >= 0.6 is 0 Å². The molecule has 0 heterocycles. The molecular weight excluding hydrogens is 249 g/mol. The maximum Gasteiger partial charge on any atom is 0.522 e. The second-order valence-electron chi connectivity index (χ2n) is 3.48. The summed E-state index contributed by atoms with van der Waals surface area (Å²) in [6.45, 7) is 0.911. The first-order valence-electron chi connectivity index (χ1n) is 5.19. The summed E-state index contributed by atoms with van der Waals surface area (Å²) in [4.78, 5) is 10.8. The molecule has 0 atom stereocenters. The van der Waals surface area contributed by atoms with Gasteiger partial charge in [-0.3, -0.25) is 9.53 Å². The van der Waals surface area contributed by atoms with E-state index in [0.29, 0.717) is 11.4 Å². The molecule has 1 rings (SSSR count). The lowest BCUT2D eigenvalue weighted by Crippen LogP contribution is -2.19. The summed E-state index contributed by atoms with van der Waals surface area (Å²) >= 11 is 0. The normalized spacial score (nSPS) is 11.1. The first-order chi connectivity index (χ1) is 8.37. The summed E-state index contributed by atoms with van der Waals surface area (Å²) in [6.07, 6.45) is -4.61. The Kier molecular flexibility index (Phi) is 4.96. The topological polar surface area (TPSA) is 50.4 Å². The molecule has 0 radical (unpaired) electrons. The van der Waals surface area contributed by atoms with E-state index in [4.69, 9.17) is 0 Å². The highest BCUT2D eigenvalue weighted by atomic mass is 19.4. The summed E-state index contributed by atoms with van der Waals surface area (Å²) in [5, 5.41) is 5.32. The van der Waals surface area contributed by atoms with Gasteiger partial charge in [-0.05, 0) is 18.2 Å². The molecule has 4 nitrogen and oxygen atoms in total. The Morgan fingerprint density at radius 1 is 1.33 bits per heavy atom. The SMILES string of the molecule is CC(=O)Nc1cccc(NCCOC(F)(F)F)c1. The van der Waals surface area contributed by atoms with Crippen molar-refractivity contribution in [1.82, 2.24) is 0 Å². The number of hydrogen-bond donors (Lipinski definition) is 2. The Hall–Kier alpha value is -1.76. The van der Waals surface area contributed by atoms with E-state index in [9.17, 15) is 18.0 Å². The van der Waals surface area contributed by atoms with E-state index in [2.05, 4.69) is 15.4 Å². The van der Waals surface area contributed by atoms with E-state index in [0.717, 1.165) is 0 Å². The lowest BCUT2D eigenvalue weighted by Gasteiger charge is -2.10. The molecule has 100 valence electrons. The van der Waals surface area contributed by atoms with Gasteiger partial charge in [-0.1, -0.05) is 6.07 Å². The first-order valence-corrected chi connectivity index (χ1v) is 5.19. The minimum atomic E-state index is -4.61. The monoisotopic (exact) mass is 262 g/mol. The molecule has 0 aliphatic rings. The summed E-state index contributed by atoms with van der Waals surface area (Å²) in [5.41, 5.74) is 1.18. The predicted octanol–water partition coefficient (Wildman–Crippen LogP) is 2.59. The smallest absolute Gasteiger partial charge is 0.383 e. The highest BCUT2D eigenvalue weighted by Crippen LogP contribution is 2.17. The minimum Gasteiger partial charge on any atom is -0.383 e. The van der Waals surface area contributed by atoms with Gasteiger partial charge in [0.1, 0.15) is 0 Å². The van der Waals surface area contributed by atoms with Crippen molar-refractivity contribution in [2.24, 2.45) is 0 Å². The fraction of sp³-hybridized carbons (Fsp3) is 0.364. The molecule has 1 aromatic carbocycles. The number of benzene rings is 1. The van der Waals surface area contributed by atoms with Gasteiger partial charge in [0.25, 0.3) is 0 Å². The Balaban J connectivity index is 2.40. The zero-order valence-electron chi connectivity index (χ0n) is 9.67. The van der Waals surface area contributed by atoms with Gasteiger partial charge in [-0.25, -0.2) is 0 Å². The highest BCUT2D eigenvalue weighted by Gasteiger charge is 2.28. The highest BCUT2D eigenvalue weighted by molar-refractivity contribution is 5.89. The average molecular weight is 262 g/mol. The number of alkyl halides is 3. The van der Waals surface area contributed by atoms with Crippen molar-refractivity contribution in [2.45, 2.75) is 13.3 Å². The van der Waals surface area contributed by atoms with Crippen LogP contribution in [-0.4, -0.2) is 25.4 Å². The van der Waals surface area contributed by atoms with Gasteiger partial charge in [-0.15, -0.1) is 13.2 Å². The minimum absolute atomic E-state index is 0.0169. The Bertz CT molecular complexity index is 408. The average Bonchev–Trinajstić information content (AvgIpc) is 2.23. The molecule has 1 amide bonds. The van der Waals surface area contributed by atoms with E-state index in [-0.39, 0.29) is 12.5 Å². The van der Waals surface area contributed by atoms with Crippen molar-refractivity contribution in [2.75, 3.05) is 23.8 Å². The zero-order chi connectivity index (χ0) is 13.6. The molecule has 0 aliphatic carbocycles. The van der Waals surface area contributed by atoms with Crippen molar-refractivity contribution < 1.29 is 22.7 Å². The third-order valence-electron chi connectivity index (χ3n) is 1.88. The molecule has 0 saturated heterocycles. The van der Waals surface area contributed by atoms with Crippen LogP contribution in [0.1, 0.15) is 6.92 Å². The number of carbonyl (C=O) groups excluding carboxylic acids is 1. The number of anilines is 2. The maximum atomic E-state index is 11.7. The molecule has 7 heteroatoms. The molecule has 18 heavy (non-hydrogen) atoms. The van der Waals surface area contributed by atoms with Crippen LogP contribution in [0, 0.1) is 0 Å². The number of carbonyl (C=O) groups is 1. The molecular formula is C11H13F3N2O2. The van der Waals surface area contributed by atoms with Gasteiger partial charge in [-0.2, -0.15) is 0 Å². The maximum absolute atomic E-state index is 11.7. The van der Waals surface area contributed by atoms with E-state index < -0.39 is 13.0 Å². The van der Waals surface area contributed by atoms with Crippen molar-refractivity contribution in [3.05, 3.63) is 24.3 Å². The summed E-state index contributed by atoms with van der Waals surface area (Å²) in [6, 6.07) is 6.66. The Labute approximate surface area is 102 Å². The van der Waals surface area contributed by atoms with E-state index >= 15 is 0 Å². The number of nitrogens with one attached hydrogen (secondary N) is 2. The van der Waals surface area contributed by atoms with E-state index in [1.54, 1.807) is 24.3 Å². The zero-order valence-corrected chi connectivity index (χ0v) is 9.67. The standard InChI is InChI=1S/C11H13F3N2O2/c1-8(17)16-10-4-2-3-9(7-10)15-5-6-18-11(12,13)14/h2-4,7,15H,5-6H2,1H3,(H,16,17). The van der Waals surface area contributed by atoms with Crippen molar-refractivity contribution in [3.8, 4) is 0 Å². The Morgan fingerprint density at radius 3 is 2.61 bits per heavy atom. The van der Waals surface area contributed by atoms with E-state index in [1.165, 1.54) is 6.92 Å². The van der Waals surface area contributed by atoms with Crippen LogP contribution in [0.4, 0.5) is 24.5 Å². The molecule has 0 aromatic heterocycles. The van der Waals surface area contributed by atoms with Gasteiger partial charge in [0.2, 0.25) is 5.91 Å². The van der Waals surface area contributed by atoms with Crippen LogP contribution in [0.25, 0.3) is 0 Å². The number of ether oxygens (including phenoxy) is 1. The van der Waals surface area contributed by atoms with Crippen LogP contribution in [0.2, 0.25) is 0 Å². The van der Waals surface area contributed by atoms with Gasteiger partial charge in [0.05, 0.1) is 6.61 Å². The number of hydrogen-bond acceptors (Lipinski definition) is 3. The van der Waals surface area contributed by atoms with Gasteiger partial charge in [0, 0.05) is 24.8 Å². The summed E-state index contributed by atoms with van der Waals surface area (Å²) in [5.74, 6) is -0.215. The molecule has 0 saturated carbocycles. The van der Waals surface area contributed by atoms with E-state index in [1.807, 2.05) is 0 Å². The number of amides is 1. The van der Waals surface area contributed by atoms with Crippen molar-refractivity contribution in [1.29, 1.82) is 0 Å². The summed E-state index contributed by atoms with van der Waals surface area (Å²) in [7, 11) is 0. The fourth-order valence-corrected chi connectivity index (χ4v) is 1.27. The van der Waals surface area contributed by atoms with Crippen LogP contribution in [0.3, 0.4) is 0 Å². The quantitative estimate of drug-likeness (QED) is 0.802.